The van der Waals surface area contributed by atoms with Gasteiger partial charge < -0.3 is 5.73 Å². The Balaban J connectivity index is 3.64. The summed E-state index contributed by atoms with van der Waals surface area (Å²) in [5.41, 5.74) is 4.88. The van der Waals surface area contributed by atoms with E-state index in [1.54, 1.807) is 17.2 Å². The number of amides is 1. The molecule has 0 heterocycles. The molecule has 1 amide bonds. The van der Waals surface area contributed by atoms with Gasteiger partial charge >= 0.3 is 0 Å². The maximum Gasteiger partial charge on any atom is 0.241 e. The summed E-state index contributed by atoms with van der Waals surface area (Å²) in [7, 11) is 0. The van der Waals surface area contributed by atoms with Crippen LogP contribution in [0.15, 0.2) is 11.5 Å². The summed E-state index contributed by atoms with van der Waals surface area (Å²) in [4.78, 5) is 10.2. The molecular formula is C7H13NOS. The maximum absolute atomic E-state index is 10.2. The van der Waals surface area contributed by atoms with Gasteiger partial charge in [0.2, 0.25) is 5.91 Å². The smallest absolute Gasteiger partial charge is 0.241 e. The van der Waals surface area contributed by atoms with Gasteiger partial charge in [-0.15, -0.1) is 11.8 Å². The lowest BCUT2D eigenvalue weighted by Gasteiger charge is -2.13. The Hall–Kier alpha value is -0.440. The van der Waals surface area contributed by atoms with Crippen LogP contribution in [0.25, 0.3) is 0 Å². The van der Waals surface area contributed by atoms with Gasteiger partial charge in [-0.05, 0) is 5.41 Å². The Labute approximate surface area is 65.9 Å². The number of carbonyl (C=O) groups is 1. The molecule has 0 saturated heterocycles. The summed E-state index contributed by atoms with van der Waals surface area (Å²) >= 11 is 1.58. The molecule has 58 valence electrons. The molecule has 0 aromatic rings. The molecule has 0 spiro atoms. The van der Waals surface area contributed by atoms with Gasteiger partial charge in [-0.1, -0.05) is 20.8 Å². The fraction of sp³-hybridized carbons (Fsp3) is 0.571. The first-order valence-electron chi connectivity index (χ1n) is 3.05. The van der Waals surface area contributed by atoms with Crippen molar-refractivity contribution < 1.29 is 4.79 Å². The van der Waals surface area contributed by atoms with Crippen LogP contribution < -0.4 is 5.73 Å². The zero-order valence-corrected chi connectivity index (χ0v) is 7.37. The average molecular weight is 159 g/mol. The predicted molar refractivity (Wildman–Crippen MR) is 45.7 cm³/mol. The Morgan fingerprint density at radius 2 is 2.00 bits per heavy atom. The normalized spacial score (nSPS) is 12.3. The van der Waals surface area contributed by atoms with Gasteiger partial charge in [-0.3, -0.25) is 4.79 Å². The third-order valence-electron chi connectivity index (χ3n) is 0.654. The maximum atomic E-state index is 10.2. The zero-order chi connectivity index (χ0) is 8.20. The molecule has 0 radical (unpaired) electrons. The SMILES string of the molecule is CC(C)(C)SC=CC(N)=O. The highest BCUT2D eigenvalue weighted by atomic mass is 32.2. The molecule has 0 atom stereocenters. The van der Waals surface area contributed by atoms with E-state index in [0.29, 0.717) is 0 Å². The Kier molecular flexibility index (Phi) is 3.50. The second-order valence-electron chi connectivity index (χ2n) is 2.94. The second kappa shape index (κ2) is 3.66. The lowest BCUT2D eigenvalue weighted by Crippen LogP contribution is -2.07. The zero-order valence-electron chi connectivity index (χ0n) is 6.55. The largest absolute Gasteiger partial charge is 0.366 e. The van der Waals surface area contributed by atoms with Gasteiger partial charge in [0, 0.05) is 10.8 Å². The summed E-state index contributed by atoms with van der Waals surface area (Å²) in [5.74, 6) is -0.392. The Bertz CT molecular complexity index is 146. The van der Waals surface area contributed by atoms with Crippen molar-refractivity contribution in [2.75, 3.05) is 0 Å². The summed E-state index contributed by atoms with van der Waals surface area (Å²) in [5, 5.41) is 1.72. The minimum Gasteiger partial charge on any atom is -0.366 e. The van der Waals surface area contributed by atoms with Crippen LogP contribution in [0.3, 0.4) is 0 Å². The van der Waals surface area contributed by atoms with Crippen molar-refractivity contribution in [3.63, 3.8) is 0 Å². The number of thioether (sulfide) groups is 1. The molecule has 10 heavy (non-hydrogen) atoms. The van der Waals surface area contributed by atoms with Crippen molar-refractivity contribution in [3.05, 3.63) is 11.5 Å². The molecule has 0 unspecified atom stereocenters. The molecule has 0 aromatic carbocycles. The molecule has 0 saturated carbocycles. The molecule has 2 N–H and O–H groups in total. The highest BCUT2D eigenvalue weighted by Gasteiger charge is 2.06. The van der Waals surface area contributed by atoms with E-state index >= 15 is 0 Å². The van der Waals surface area contributed by atoms with Crippen molar-refractivity contribution in [2.24, 2.45) is 5.73 Å². The van der Waals surface area contributed by atoms with Crippen molar-refractivity contribution in [2.45, 2.75) is 25.5 Å². The van der Waals surface area contributed by atoms with E-state index in [4.69, 9.17) is 5.73 Å². The molecule has 0 aliphatic rings. The van der Waals surface area contributed by atoms with Crippen LogP contribution >= 0.6 is 11.8 Å². The van der Waals surface area contributed by atoms with E-state index in [0.717, 1.165) is 0 Å². The molecule has 0 aromatic heterocycles. The monoisotopic (exact) mass is 159 g/mol. The van der Waals surface area contributed by atoms with Gasteiger partial charge in [0.05, 0.1) is 0 Å². The van der Waals surface area contributed by atoms with Crippen LogP contribution in [-0.2, 0) is 4.79 Å². The molecule has 0 fully saturated rings. The van der Waals surface area contributed by atoms with E-state index in [2.05, 4.69) is 20.8 Å². The number of hydrogen-bond donors (Lipinski definition) is 1. The fourth-order valence-electron chi connectivity index (χ4n) is 0.305. The highest BCUT2D eigenvalue weighted by Crippen LogP contribution is 2.23. The van der Waals surface area contributed by atoms with E-state index in [1.807, 2.05) is 0 Å². The minimum absolute atomic E-state index is 0.159. The van der Waals surface area contributed by atoms with E-state index < -0.39 is 5.91 Å². The Morgan fingerprint density at radius 3 is 2.30 bits per heavy atom. The number of primary amides is 1. The fourth-order valence-corrected chi connectivity index (χ4v) is 0.916. The minimum atomic E-state index is -0.392. The van der Waals surface area contributed by atoms with Gasteiger partial charge in [0.15, 0.2) is 0 Å². The molecule has 0 bridgehead atoms. The van der Waals surface area contributed by atoms with Crippen molar-refractivity contribution in [1.29, 1.82) is 0 Å². The summed E-state index contributed by atoms with van der Waals surface area (Å²) in [6.07, 6.45) is 1.37. The average Bonchev–Trinajstić information content (AvgIpc) is 1.59. The third-order valence-corrected chi connectivity index (χ3v) is 1.63. The van der Waals surface area contributed by atoms with Gasteiger partial charge in [-0.25, -0.2) is 0 Å². The van der Waals surface area contributed by atoms with Crippen LogP contribution in [0, 0.1) is 0 Å². The number of rotatable bonds is 2. The molecule has 0 aliphatic carbocycles. The number of carbonyl (C=O) groups excluding carboxylic acids is 1. The van der Waals surface area contributed by atoms with Gasteiger partial charge in [0.25, 0.3) is 0 Å². The van der Waals surface area contributed by atoms with E-state index in [1.165, 1.54) is 6.08 Å². The van der Waals surface area contributed by atoms with Crippen LogP contribution in [0.5, 0.6) is 0 Å². The predicted octanol–water partition coefficient (Wildman–Crippen LogP) is 1.52. The van der Waals surface area contributed by atoms with Gasteiger partial charge in [0.1, 0.15) is 0 Å². The van der Waals surface area contributed by atoms with Crippen LogP contribution in [-0.4, -0.2) is 10.7 Å². The highest BCUT2D eigenvalue weighted by molar-refractivity contribution is 8.03. The number of nitrogens with two attached hydrogens (primary N) is 1. The summed E-state index contributed by atoms with van der Waals surface area (Å²) < 4.78 is 0.159. The molecule has 2 nitrogen and oxygen atoms in total. The first-order chi connectivity index (χ1) is 4.42. The summed E-state index contributed by atoms with van der Waals surface area (Å²) in [6.45, 7) is 6.22. The third kappa shape index (κ3) is 7.56. The second-order valence-corrected chi connectivity index (χ2v) is 4.67. The summed E-state index contributed by atoms with van der Waals surface area (Å²) in [6, 6.07) is 0. The van der Waals surface area contributed by atoms with Crippen LogP contribution in [0.4, 0.5) is 0 Å². The van der Waals surface area contributed by atoms with Crippen molar-refractivity contribution >= 4 is 17.7 Å². The first-order valence-corrected chi connectivity index (χ1v) is 3.93. The number of hydrogen-bond acceptors (Lipinski definition) is 2. The van der Waals surface area contributed by atoms with Gasteiger partial charge in [-0.2, -0.15) is 0 Å². The quantitative estimate of drug-likeness (QED) is 0.621. The van der Waals surface area contributed by atoms with Crippen molar-refractivity contribution in [1.82, 2.24) is 0 Å². The first kappa shape index (κ1) is 9.56. The molecule has 0 rings (SSSR count). The van der Waals surface area contributed by atoms with E-state index in [-0.39, 0.29) is 4.75 Å². The molecular weight excluding hydrogens is 146 g/mol. The Morgan fingerprint density at radius 1 is 1.50 bits per heavy atom. The molecule has 3 heteroatoms. The van der Waals surface area contributed by atoms with E-state index in [9.17, 15) is 4.79 Å². The lowest BCUT2D eigenvalue weighted by atomic mass is 10.3. The van der Waals surface area contributed by atoms with Crippen molar-refractivity contribution in [3.8, 4) is 0 Å². The lowest BCUT2D eigenvalue weighted by molar-refractivity contribution is -0.113. The topological polar surface area (TPSA) is 43.1 Å². The standard InChI is InChI=1S/C7H13NOS/c1-7(2,3)10-5-4-6(8)9/h4-5H,1-3H3,(H2,8,9). The molecule has 0 aliphatic heterocycles. The van der Waals surface area contributed by atoms with Crippen LogP contribution in [0.1, 0.15) is 20.8 Å². The van der Waals surface area contributed by atoms with Crippen LogP contribution in [0.2, 0.25) is 0 Å².